The second-order valence-corrected chi connectivity index (χ2v) is 9.02. The Labute approximate surface area is 175 Å². The van der Waals surface area contributed by atoms with Crippen LogP contribution in [0, 0.1) is 0 Å². The largest absolute Gasteiger partial charge is 0.497 e. The number of nitrogens with two attached hydrogens (primary N) is 1. The van der Waals surface area contributed by atoms with Gasteiger partial charge in [0.15, 0.2) is 0 Å². The molecular formula is C17H21Br2N3O4S. The van der Waals surface area contributed by atoms with E-state index in [1.165, 1.54) is 13.2 Å². The van der Waals surface area contributed by atoms with Crippen LogP contribution in [0.5, 0.6) is 11.5 Å². The number of benzene rings is 2. The van der Waals surface area contributed by atoms with E-state index in [9.17, 15) is 8.42 Å². The minimum Gasteiger partial charge on any atom is -0.497 e. The predicted octanol–water partition coefficient (Wildman–Crippen LogP) is 2.58. The van der Waals surface area contributed by atoms with Gasteiger partial charge >= 0.3 is 0 Å². The maximum absolute atomic E-state index is 12.6. The van der Waals surface area contributed by atoms with E-state index in [2.05, 4.69) is 41.9 Å². The molecule has 0 aromatic heterocycles. The van der Waals surface area contributed by atoms with Crippen molar-refractivity contribution in [3.63, 3.8) is 0 Å². The summed E-state index contributed by atoms with van der Waals surface area (Å²) < 4.78 is 39.0. The molecule has 4 N–H and O–H groups in total. The zero-order valence-electron chi connectivity index (χ0n) is 14.8. The summed E-state index contributed by atoms with van der Waals surface area (Å²) in [4.78, 5) is 0.0492. The van der Waals surface area contributed by atoms with Crippen molar-refractivity contribution in [3.05, 3.63) is 50.9 Å². The highest BCUT2D eigenvalue weighted by Crippen LogP contribution is 2.33. The van der Waals surface area contributed by atoms with Crippen molar-refractivity contribution >= 4 is 41.9 Å². The Hall–Kier alpha value is -1.17. The molecule has 0 bridgehead atoms. The lowest BCUT2D eigenvalue weighted by Gasteiger charge is -2.17. The van der Waals surface area contributed by atoms with Crippen molar-refractivity contribution < 1.29 is 17.9 Å². The van der Waals surface area contributed by atoms with Crippen molar-refractivity contribution in [2.24, 2.45) is 5.73 Å². The molecule has 0 fully saturated rings. The van der Waals surface area contributed by atoms with Crippen LogP contribution in [0.4, 0.5) is 0 Å². The third kappa shape index (κ3) is 6.16. The summed E-state index contributed by atoms with van der Waals surface area (Å²) in [7, 11) is -0.749. The molecule has 0 spiro atoms. The Balaban J connectivity index is 1.96. The topological polar surface area (TPSA) is 103 Å². The van der Waals surface area contributed by atoms with Crippen LogP contribution < -0.4 is 25.2 Å². The first-order chi connectivity index (χ1) is 12.8. The molecule has 2 aromatic rings. The second-order valence-electron chi connectivity index (χ2n) is 5.62. The quantitative estimate of drug-likeness (QED) is 0.437. The fourth-order valence-corrected chi connectivity index (χ4v) is 5.27. The molecule has 2 aromatic carbocycles. The molecule has 0 aliphatic carbocycles. The summed E-state index contributed by atoms with van der Waals surface area (Å²) >= 11 is 6.57. The Bertz CT molecular complexity index is 876. The van der Waals surface area contributed by atoms with Gasteiger partial charge in [-0.15, -0.1) is 0 Å². The molecule has 0 heterocycles. The molecule has 0 radical (unpaired) electrons. The number of hydrogen-bond acceptors (Lipinski definition) is 6. The molecule has 0 aliphatic heterocycles. The van der Waals surface area contributed by atoms with Gasteiger partial charge in [0.1, 0.15) is 11.5 Å². The van der Waals surface area contributed by atoms with E-state index in [4.69, 9.17) is 15.2 Å². The molecule has 0 aliphatic rings. The van der Waals surface area contributed by atoms with Gasteiger partial charge in [0, 0.05) is 23.6 Å². The lowest BCUT2D eigenvalue weighted by atomic mass is 10.2. The summed E-state index contributed by atoms with van der Waals surface area (Å²) in [5.41, 5.74) is 6.96. The fraction of sp³-hybridized carbons (Fsp3) is 0.294. The van der Waals surface area contributed by atoms with Crippen LogP contribution >= 0.6 is 31.9 Å². The normalized spacial score (nSPS) is 12.6. The smallest absolute Gasteiger partial charge is 0.243 e. The first-order valence-corrected chi connectivity index (χ1v) is 11.0. The molecule has 0 saturated heterocycles. The number of nitrogens with one attached hydrogen (secondary N) is 2. The summed E-state index contributed by atoms with van der Waals surface area (Å²) in [5, 5.41) is 3.12. The van der Waals surface area contributed by atoms with Gasteiger partial charge in [-0.1, -0.05) is 12.1 Å². The number of hydrogen-bond donors (Lipinski definition) is 3. The lowest BCUT2D eigenvalue weighted by molar-refractivity contribution is 0.410. The minimum atomic E-state index is -3.82. The van der Waals surface area contributed by atoms with Gasteiger partial charge in [-0.2, -0.15) is 4.72 Å². The first-order valence-electron chi connectivity index (χ1n) is 7.91. The molecule has 10 heteroatoms. The number of rotatable bonds is 9. The molecule has 1 atom stereocenters. The summed E-state index contributed by atoms with van der Waals surface area (Å²) in [6.45, 7) is 0.811. The molecule has 0 amide bonds. The number of sulfonamides is 1. The van der Waals surface area contributed by atoms with Crippen LogP contribution in [0.2, 0.25) is 0 Å². The highest BCUT2D eigenvalue weighted by Gasteiger charge is 2.22. The van der Waals surface area contributed by atoms with E-state index in [1.54, 1.807) is 13.2 Å². The van der Waals surface area contributed by atoms with Gasteiger partial charge in [-0.3, -0.25) is 0 Å². The van der Waals surface area contributed by atoms with Crippen molar-refractivity contribution in [2.75, 3.05) is 20.8 Å². The fourth-order valence-electron chi connectivity index (χ4n) is 2.29. The summed E-state index contributed by atoms with van der Waals surface area (Å²) in [6.07, 6.45) is -0.796. The van der Waals surface area contributed by atoms with Crippen molar-refractivity contribution in [1.29, 1.82) is 0 Å². The average Bonchev–Trinajstić information content (AvgIpc) is 2.61. The molecule has 7 nitrogen and oxygen atoms in total. The van der Waals surface area contributed by atoms with E-state index in [1.807, 2.05) is 24.3 Å². The van der Waals surface area contributed by atoms with E-state index in [0.29, 0.717) is 21.2 Å². The van der Waals surface area contributed by atoms with Crippen LogP contribution in [-0.2, 0) is 16.6 Å². The van der Waals surface area contributed by atoms with Gasteiger partial charge in [-0.25, -0.2) is 8.42 Å². The maximum atomic E-state index is 12.6. The highest BCUT2D eigenvalue weighted by atomic mass is 79.9. The SMILES string of the molecule is COc1ccc(CNC[C@@H](N)NS(=O)(=O)c2cc(OC)c(Br)cc2Br)cc1. The monoisotopic (exact) mass is 521 g/mol. The minimum absolute atomic E-state index is 0.0492. The van der Waals surface area contributed by atoms with Gasteiger partial charge in [0.25, 0.3) is 0 Å². The third-order valence-electron chi connectivity index (χ3n) is 3.65. The van der Waals surface area contributed by atoms with Crippen LogP contribution in [-0.4, -0.2) is 35.3 Å². The van der Waals surface area contributed by atoms with E-state index >= 15 is 0 Å². The van der Waals surface area contributed by atoms with Crippen LogP contribution in [0.15, 0.2) is 50.2 Å². The maximum Gasteiger partial charge on any atom is 0.243 e. The second kappa shape index (κ2) is 9.85. The van der Waals surface area contributed by atoms with Gasteiger partial charge in [-0.05, 0) is 55.6 Å². The van der Waals surface area contributed by atoms with E-state index < -0.39 is 16.2 Å². The van der Waals surface area contributed by atoms with Crippen molar-refractivity contribution in [2.45, 2.75) is 17.6 Å². The number of methoxy groups -OCH3 is 2. The number of ether oxygens (including phenoxy) is 2. The Morgan fingerprint density at radius 3 is 2.33 bits per heavy atom. The van der Waals surface area contributed by atoms with Crippen molar-refractivity contribution in [1.82, 2.24) is 10.0 Å². The molecule has 2 rings (SSSR count). The van der Waals surface area contributed by atoms with E-state index in [0.717, 1.165) is 11.3 Å². The van der Waals surface area contributed by atoms with Crippen LogP contribution in [0.3, 0.4) is 0 Å². The van der Waals surface area contributed by atoms with Gasteiger partial charge in [0.2, 0.25) is 10.0 Å². The molecule has 0 saturated carbocycles. The van der Waals surface area contributed by atoms with Gasteiger partial charge < -0.3 is 20.5 Å². The van der Waals surface area contributed by atoms with Crippen molar-refractivity contribution in [3.8, 4) is 11.5 Å². The zero-order chi connectivity index (χ0) is 20.0. The summed E-state index contributed by atoms with van der Waals surface area (Å²) in [6, 6.07) is 10.6. The highest BCUT2D eigenvalue weighted by molar-refractivity contribution is 9.11. The first kappa shape index (κ1) is 22.1. The zero-order valence-corrected chi connectivity index (χ0v) is 18.8. The lowest BCUT2D eigenvalue weighted by Crippen LogP contribution is -2.47. The average molecular weight is 523 g/mol. The van der Waals surface area contributed by atoms with Gasteiger partial charge in [0.05, 0.1) is 29.8 Å². The molecular weight excluding hydrogens is 502 g/mol. The number of halogens is 2. The Morgan fingerprint density at radius 1 is 1.07 bits per heavy atom. The molecule has 27 heavy (non-hydrogen) atoms. The molecule has 148 valence electrons. The standard InChI is InChI=1S/C17H21Br2N3O4S/c1-25-12-5-3-11(4-6-12)9-21-10-17(20)22-27(23,24)16-8-15(26-2)13(18)7-14(16)19/h3-8,17,21-22H,9-10,20H2,1-2H3/t17-/m0/s1. The van der Waals surface area contributed by atoms with E-state index in [-0.39, 0.29) is 11.4 Å². The van der Waals surface area contributed by atoms with Crippen LogP contribution in [0.1, 0.15) is 5.56 Å². The predicted molar refractivity (Wildman–Crippen MR) is 111 cm³/mol. The Kier molecular flexibility index (Phi) is 8.07. The Morgan fingerprint density at radius 2 is 1.74 bits per heavy atom. The molecule has 0 unspecified atom stereocenters. The van der Waals surface area contributed by atoms with Crippen LogP contribution in [0.25, 0.3) is 0 Å². The summed E-state index contributed by atoms with van der Waals surface area (Å²) in [5.74, 6) is 1.18. The third-order valence-corrected chi connectivity index (χ3v) is 6.72.